The standard InChI is InChI=1S/C16H17N3/c1-4-13-5-7-14(8-6-13)17-18-15-9-11-16(12-10-15)19(2)3/h4-12H,1H2,2-3H3. The van der Waals surface area contributed by atoms with Crippen molar-refractivity contribution in [2.45, 2.75) is 0 Å². The number of azo groups is 1. The Balaban J connectivity index is 2.10. The van der Waals surface area contributed by atoms with Gasteiger partial charge in [0.1, 0.15) is 0 Å². The van der Waals surface area contributed by atoms with Gasteiger partial charge in [-0.1, -0.05) is 24.8 Å². The van der Waals surface area contributed by atoms with Gasteiger partial charge in [0.15, 0.2) is 0 Å². The van der Waals surface area contributed by atoms with Crippen LogP contribution >= 0.6 is 0 Å². The zero-order valence-corrected chi connectivity index (χ0v) is 11.2. The molecule has 0 saturated carbocycles. The summed E-state index contributed by atoms with van der Waals surface area (Å²) in [4.78, 5) is 2.05. The van der Waals surface area contributed by atoms with Gasteiger partial charge in [-0.3, -0.25) is 0 Å². The van der Waals surface area contributed by atoms with Gasteiger partial charge < -0.3 is 4.90 Å². The maximum Gasteiger partial charge on any atom is 0.0858 e. The van der Waals surface area contributed by atoms with E-state index < -0.39 is 0 Å². The fourth-order valence-electron chi connectivity index (χ4n) is 1.61. The molecular weight excluding hydrogens is 234 g/mol. The molecule has 2 aromatic carbocycles. The molecule has 19 heavy (non-hydrogen) atoms. The number of hydrogen-bond donors (Lipinski definition) is 0. The van der Waals surface area contributed by atoms with Gasteiger partial charge in [-0.2, -0.15) is 10.2 Å². The van der Waals surface area contributed by atoms with Crippen molar-refractivity contribution in [3.63, 3.8) is 0 Å². The smallest absolute Gasteiger partial charge is 0.0858 e. The van der Waals surface area contributed by atoms with Crippen molar-refractivity contribution < 1.29 is 0 Å². The number of hydrogen-bond acceptors (Lipinski definition) is 3. The molecule has 0 aromatic heterocycles. The van der Waals surface area contributed by atoms with Crippen molar-refractivity contribution in [3.8, 4) is 0 Å². The summed E-state index contributed by atoms with van der Waals surface area (Å²) >= 11 is 0. The minimum atomic E-state index is 0.835. The van der Waals surface area contributed by atoms with E-state index in [9.17, 15) is 0 Å². The van der Waals surface area contributed by atoms with Gasteiger partial charge in [-0.15, -0.1) is 0 Å². The van der Waals surface area contributed by atoms with E-state index in [0.717, 1.165) is 22.6 Å². The SMILES string of the molecule is C=Cc1ccc(N=Nc2ccc(N(C)C)cc2)cc1. The molecule has 0 aliphatic carbocycles. The largest absolute Gasteiger partial charge is 0.378 e. The molecule has 3 heteroatoms. The van der Waals surface area contributed by atoms with Crippen molar-refractivity contribution in [3.05, 3.63) is 60.7 Å². The number of rotatable bonds is 4. The van der Waals surface area contributed by atoms with Crippen LogP contribution in [0.5, 0.6) is 0 Å². The molecule has 0 saturated heterocycles. The van der Waals surface area contributed by atoms with Gasteiger partial charge in [0.2, 0.25) is 0 Å². The lowest BCUT2D eigenvalue weighted by atomic mass is 10.2. The minimum absolute atomic E-state index is 0.835. The average molecular weight is 251 g/mol. The average Bonchev–Trinajstić information content (AvgIpc) is 2.46. The van der Waals surface area contributed by atoms with Crippen LogP contribution in [0.1, 0.15) is 5.56 Å². The van der Waals surface area contributed by atoms with Crippen molar-refractivity contribution in [1.82, 2.24) is 0 Å². The van der Waals surface area contributed by atoms with Gasteiger partial charge in [-0.05, 0) is 42.0 Å². The van der Waals surface area contributed by atoms with Crippen molar-refractivity contribution >= 4 is 23.1 Å². The van der Waals surface area contributed by atoms with Crippen molar-refractivity contribution in [2.24, 2.45) is 10.2 Å². The molecule has 0 aliphatic heterocycles. The van der Waals surface area contributed by atoms with Gasteiger partial charge >= 0.3 is 0 Å². The molecule has 2 rings (SSSR count). The third-order valence-corrected chi connectivity index (χ3v) is 2.78. The van der Waals surface area contributed by atoms with E-state index >= 15 is 0 Å². The lowest BCUT2D eigenvalue weighted by molar-refractivity contribution is 1.13. The molecule has 0 aliphatic rings. The number of benzene rings is 2. The van der Waals surface area contributed by atoms with Crippen LogP contribution in [0.4, 0.5) is 17.1 Å². The Labute approximate surface area is 113 Å². The molecule has 96 valence electrons. The Hall–Kier alpha value is -2.42. The van der Waals surface area contributed by atoms with Crippen LogP contribution < -0.4 is 4.90 Å². The van der Waals surface area contributed by atoms with Crippen LogP contribution in [0.2, 0.25) is 0 Å². The minimum Gasteiger partial charge on any atom is -0.378 e. The Morgan fingerprint density at radius 2 is 1.32 bits per heavy atom. The van der Waals surface area contributed by atoms with Crippen LogP contribution in [0.3, 0.4) is 0 Å². The summed E-state index contributed by atoms with van der Waals surface area (Å²) in [6, 6.07) is 15.7. The Bertz CT molecular complexity index is 566. The molecule has 0 radical (unpaired) electrons. The third kappa shape index (κ3) is 3.52. The van der Waals surface area contributed by atoms with E-state index in [1.54, 1.807) is 6.08 Å². The number of nitrogens with zero attached hydrogens (tertiary/aromatic N) is 3. The van der Waals surface area contributed by atoms with Gasteiger partial charge in [0, 0.05) is 19.8 Å². The highest BCUT2D eigenvalue weighted by Gasteiger charge is 1.95. The molecular formula is C16H17N3. The molecule has 0 unspecified atom stereocenters. The highest BCUT2D eigenvalue weighted by molar-refractivity contribution is 5.53. The highest BCUT2D eigenvalue weighted by atomic mass is 15.1. The molecule has 0 atom stereocenters. The van der Waals surface area contributed by atoms with Crippen LogP contribution in [0, 0.1) is 0 Å². The van der Waals surface area contributed by atoms with E-state index in [0.29, 0.717) is 0 Å². The molecule has 0 heterocycles. The predicted molar refractivity (Wildman–Crippen MR) is 81.5 cm³/mol. The normalized spacial score (nSPS) is 10.6. The monoisotopic (exact) mass is 251 g/mol. The van der Waals surface area contributed by atoms with Crippen LogP contribution in [-0.4, -0.2) is 14.1 Å². The maximum atomic E-state index is 4.21. The quantitative estimate of drug-likeness (QED) is 0.716. The van der Waals surface area contributed by atoms with Crippen LogP contribution in [0.15, 0.2) is 65.3 Å². The van der Waals surface area contributed by atoms with E-state index in [2.05, 4.69) is 21.7 Å². The van der Waals surface area contributed by atoms with E-state index in [1.807, 2.05) is 62.6 Å². The lowest BCUT2D eigenvalue weighted by Gasteiger charge is -2.11. The number of anilines is 1. The second-order valence-corrected chi connectivity index (χ2v) is 4.41. The summed E-state index contributed by atoms with van der Waals surface area (Å²) in [5.74, 6) is 0. The fraction of sp³-hybridized carbons (Fsp3) is 0.125. The first-order valence-electron chi connectivity index (χ1n) is 6.10. The summed E-state index contributed by atoms with van der Waals surface area (Å²) < 4.78 is 0. The molecule has 0 spiro atoms. The first-order valence-corrected chi connectivity index (χ1v) is 6.10. The Morgan fingerprint density at radius 1 is 0.842 bits per heavy atom. The Morgan fingerprint density at radius 3 is 1.74 bits per heavy atom. The summed E-state index contributed by atoms with van der Waals surface area (Å²) in [5.41, 5.74) is 3.91. The second-order valence-electron chi connectivity index (χ2n) is 4.41. The summed E-state index contributed by atoms with van der Waals surface area (Å²) in [7, 11) is 4.02. The topological polar surface area (TPSA) is 28.0 Å². The fourth-order valence-corrected chi connectivity index (χ4v) is 1.61. The highest BCUT2D eigenvalue weighted by Crippen LogP contribution is 2.21. The molecule has 2 aromatic rings. The lowest BCUT2D eigenvalue weighted by Crippen LogP contribution is -2.07. The first-order chi connectivity index (χ1) is 9.19. The predicted octanol–water partition coefficient (Wildman–Crippen LogP) is 4.81. The van der Waals surface area contributed by atoms with Crippen molar-refractivity contribution in [2.75, 3.05) is 19.0 Å². The summed E-state index contributed by atoms with van der Waals surface area (Å²) in [6.45, 7) is 3.72. The third-order valence-electron chi connectivity index (χ3n) is 2.78. The van der Waals surface area contributed by atoms with E-state index in [4.69, 9.17) is 0 Å². The van der Waals surface area contributed by atoms with E-state index in [1.165, 1.54) is 0 Å². The molecule has 0 fully saturated rings. The molecule has 3 nitrogen and oxygen atoms in total. The van der Waals surface area contributed by atoms with Gasteiger partial charge in [0.05, 0.1) is 11.4 Å². The zero-order chi connectivity index (χ0) is 13.7. The van der Waals surface area contributed by atoms with E-state index in [-0.39, 0.29) is 0 Å². The summed E-state index contributed by atoms with van der Waals surface area (Å²) in [5, 5.41) is 8.42. The molecule has 0 amide bonds. The maximum absolute atomic E-state index is 4.21. The molecule has 0 N–H and O–H groups in total. The van der Waals surface area contributed by atoms with Crippen LogP contribution in [-0.2, 0) is 0 Å². The van der Waals surface area contributed by atoms with Crippen molar-refractivity contribution in [1.29, 1.82) is 0 Å². The van der Waals surface area contributed by atoms with Crippen LogP contribution in [0.25, 0.3) is 6.08 Å². The summed E-state index contributed by atoms with van der Waals surface area (Å²) in [6.07, 6.45) is 1.81. The zero-order valence-electron chi connectivity index (χ0n) is 11.2. The van der Waals surface area contributed by atoms with Gasteiger partial charge in [-0.25, -0.2) is 0 Å². The first kappa shape index (κ1) is 13.0. The second kappa shape index (κ2) is 5.96. The van der Waals surface area contributed by atoms with Gasteiger partial charge in [0.25, 0.3) is 0 Å². The molecule has 0 bridgehead atoms. The Kier molecular flexibility index (Phi) is 4.08.